The van der Waals surface area contributed by atoms with E-state index in [2.05, 4.69) is 15.2 Å². The van der Waals surface area contributed by atoms with Crippen LogP contribution in [0.1, 0.15) is 20.8 Å². The van der Waals surface area contributed by atoms with E-state index in [9.17, 15) is 18.0 Å². The Labute approximate surface area is 154 Å². The number of nitrogens with zero attached hydrogens (tertiary/aromatic N) is 2. The fraction of sp³-hybridized carbons (Fsp3) is 0.412. The number of nitrogen functional groups attached to an aromatic ring is 1. The molecule has 1 heterocycles. The Bertz CT molecular complexity index is 797. The molecule has 0 fully saturated rings. The van der Waals surface area contributed by atoms with E-state index in [-0.39, 0.29) is 5.69 Å². The third kappa shape index (κ3) is 6.72. The van der Waals surface area contributed by atoms with E-state index in [1.807, 2.05) is 0 Å². The number of nitrogens with two attached hydrogens (primary N) is 1. The standard InChI is InChI=1S/C17H21F3N4O3/c1-16(2,3)27-15(25)22-6-7-24-10-11(9-23-24)13-5-4-12(8-14(13)21)26-17(18,19)20/h4-5,8-10H,6-7,21H2,1-3H3,(H,22,25). The van der Waals surface area contributed by atoms with Crippen molar-refractivity contribution in [2.45, 2.75) is 39.3 Å². The van der Waals surface area contributed by atoms with E-state index >= 15 is 0 Å². The van der Waals surface area contributed by atoms with Crippen LogP contribution < -0.4 is 15.8 Å². The van der Waals surface area contributed by atoms with Crippen LogP contribution in [-0.4, -0.2) is 34.4 Å². The summed E-state index contributed by atoms with van der Waals surface area (Å²) in [6.07, 6.45) is -2.10. The Kier molecular flexibility index (Phi) is 5.87. The van der Waals surface area contributed by atoms with Crippen molar-refractivity contribution in [1.82, 2.24) is 15.1 Å². The quantitative estimate of drug-likeness (QED) is 0.767. The predicted molar refractivity (Wildman–Crippen MR) is 93.0 cm³/mol. The maximum Gasteiger partial charge on any atom is 0.573 e. The van der Waals surface area contributed by atoms with Crippen molar-refractivity contribution < 1.29 is 27.4 Å². The number of amides is 1. The summed E-state index contributed by atoms with van der Waals surface area (Å²) in [6.45, 7) is 5.98. The summed E-state index contributed by atoms with van der Waals surface area (Å²) in [5.41, 5.74) is 6.52. The maximum absolute atomic E-state index is 12.3. The molecule has 0 spiro atoms. The van der Waals surface area contributed by atoms with Gasteiger partial charge in [0.15, 0.2) is 0 Å². The van der Waals surface area contributed by atoms with E-state index in [4.69, 9.17) is 10.5 Å². The number of hydrogen-bond donors (Lipinski definition) is 2. The SMILES string of the molecule is CC(C)(C)OC(=O)NCCn1cc(-c2ccc(OC(F)(F)F)cc2N)cn1. The van der Waals surface area contributed by atoms with Crippen LogP contribution in [-0.2, 0) is 11.3 Å². The van der Waals surface area contributed by atoms with E-state index < -0.39 is 23.8 Å². The fourth-order valence-electron chi connectivity index (χ4n) is 2.21. The van der Waals surface area contributed by atoms with Crippen molar-refractivity contribution in [3.63, 3.8) is 0 Å². The lowest BCUT2D eigenvalue weighted by Crippen LogP contribution is -2.34. The molecule has 7 nitrogen and oxygen atoms in total. The van der Waals surface area contributed by atoms with Crippen molar-refractivity contribution in [1.29, 1.82) is 0 Å². The normalized spacial score (nSPS) is 11.9. The number of carbonyl (C=O) groups is 1. The van der Waals surface area contributed by atoms with Gasteiger partial charge in [-0.3, -0.25) is 4.68 Å². The second-order valence-electron chi connectivity index (χ2n) is 6.72. The number of halogens is 3. The van der Waals surface area contributed by atoms with E-state index in [1.54, 1.807) is 31.6 Å². The van der Waals surface area contributed by atoms with Gasteiger partial charge in [-0.1, -0.05) is 0 Å². The smallest absolute Gasteiger partial charge is 0.444 e. The molecule has 2 rings (SSSR count). The van der Waals surface area contributed by atoms with Crippen LogP contribution in [0.3, 0.4) is 0 Å². The molecule has 0 aliphatic heterocycles. The number of rotatable bonds is 5. The number of alkyl halides is 3. The van der Waals surface area contributed by atoms with Crippen molar-refractivity contribution in [2.24, 2.45) is 0 Å². The molecule has 0 atom stereocenters. The summed E-state index contributed by atoms with van der Waals surface area (Å²) in [6, 6.07) is 3.71. The van der Waals surface area contributed by atoms with E-state index in [0.717, 1.165) is 6.07 Å². The first kappa shape index (κ1) is 20.4. The minimum atomic E-state index is -4.78. The Morgan fingerprint density at radius 2 is 2.00 bits per heavy atom. The molecule has 3 N–H and O–H groups in total. The van der Waals surface area contributed by atoms with Gasteiger partial charge in [-0.05, 0) is 32.9 Å². The molecular weight excluding hydrogens is 365 g/mol. The molecule has 0 radical (unpaired) electrons. The van der Waals surface area contributed by atoms with Gasteiger partial charge in [-0.2, -0.15) is 5.10 Å². The van der Waals surface area contributed by atoms with Gasteiger partial charge in [0.25, 0.3) is 0 Å². The molecule has 27 heavy (non-hydrogen) atoms. The summed E-state index contributed by atoms with van der Waals surface area (Å²) in [7, 11) is 0. The van der Waals surface area contributed by atoms with Gasteiger partial charge in [0.2, 0.25) is 0 Å². The molecule has 1 amide bonds. The maximum atomic E-state index is 12.3. The van der Waals surface area contributed by atoms with Crippen molar-refractivity contribution in [3.05, 3.63) is 30.6 Å². The first-order valence-electron chi connectivity index (χ1n) is 8.08. The number of ether oxygens (including phenoxy) is 2. The third-order valence-corrected chi connectivity index (χ3v) is 3.21. The third-order valence-electron chi connectivity index (χ3n) is 3.21. The van der Waals surface area contributed by atoms with E-state index in [1.165, 1.54) is 18.3 Å². The number of anilines is 1. The van der Waals surface area contributed by atoms with E-state index in [0.29, 0.717) is 24.2 Å². The molecule has 148 valence electrons. The zero-order chi connectivity index (χ0) is 20.2. The molecule has 0 saturated heterocycles. The number of alkyl carbamates (subject to hydrolysis) is 1. The van der Waals surface area contributed by atoms with Gasteiger partial charge in [0, 0.05) is 35.6 Å². The molecule has 2 aromatic rings. The number of nitrogens with one attached hydrogen (secondary N) is 1. The van der Waals surface area contributed by atoms with Crippen molar-refractivity contribution >= 4 is 11.8 Å². The minimum absolute atomic E-state index is 0.128. The average Bonchev–Trinajstić information content (AvgIpc) is 2.92. The van der Waals surface area contributed by atoms with Gasteiger partial charge in [-0.15, -0.1) is 13.2 Å². The van der Waals surface area contributed by atoms with Gasteiger partial charge < -0.3 is 20.5 Å². The first-order valence-corrected chi connectivity index (χ1v) is 8.08. The lowest BCUT2D eigenvalue weighted by atomic mass is 10.1. The highest BCUT2D eigenvalue weighted by molar-refractivity contribution is 5.76. The average molecular weight is 386 g/mol. The molecule has 0 aliphatic carbocycles. The van der Waals surface area contributed by atoms with Crippen LogP contribution in [0.4, 0.5) is 23.7 Å². The summed E-state index contributed by atoms with van der Waals surface area (Å²) >= 11 is 0. The van der Waals surface area contributed by atoms with Crippen molar-refractivity contribution in [2.75, 3.05) is 12.3 Å². The topological polar surface area (TPSA) is 91.4 Å². The summed E-state index contributed by atoms with van der Waals surface area (Å²) in [4.78, 5) is 11.6. The Hall–Kier alpha value is -2.91. The second-order valence-corrected chi connectivity index (χ2v) is 6.72. The summed E-state index contributed by atoms with van der Waals surface area (Å²) < 4.78 is 47.3. The van der Waals surface area contributed by atoms with Crippen LogP contribution in [0.2, 0.25) is 0 Å². The van der Waals surface area contributed by atoms with Crippen LogP contribution in [0, 0.1) is 0 Å². The lowest BCUT2D eigenvalue weighted by molar-refractivity contribution is -0.274. The van der Waals surface area contributed by atoms with Crippen LogP contribution in [0.5, 0.6) is 5.75 Å². The highest BCUT2D eigenvalue weighted by atomic mass is 19.4. The molecule has 0 aliphatic rings. The van der Waals surface area contributed by atoms with Crippen LogP contribution in [0.25, 0.3) is 11.1 Å². The zero-order valence-electron chi connectivity index (χ0n) is 15.1. The van der Waals surface area contributed by atoms with Gasteiger partial charge in [0.1, 0.15) is 11.4 Å². The predicted octanol–water partition coefficient (Wildman–Crippen LogP) is 3.56. The fourth-order valence-corrected chi connectivity index (χ4v) is 2.21. The lowest BCUT2D eigenvalue weighted by Gasteiger charge is -2.19. The molecule has 0 unspecified atom stereocenters. The van der Waals surface area contributed by atoms with Crippen molar-refractivity contribution in [3.8, 4) is 16.9 Å². The zero-order valence-corrected chi connectivity index (χ0v) is 15.1. The molecule has 1 aromatic carbocycles. The number of benzene rings is 1. The van der Waals surface area contributed by atoms with Gasteiger partial charge in [0.05, 0.1) is 12.7 Å². The Morgan fingerprint density at radius 1 is 1.30 bits per heavy atom. The largest absolute Gasteiger partial charge is 0.573 e. The molecule has 10 heteroatoms. The summed E-state index contributed by atoms with van der Waals surface area (Å²) in [5, 5.41) is 6.75. The number of carbonyl (C=O) groups excluding carboxylic acids is 1. The second kappa shape index (κ2) is 7.77. The van der Waals surface area contributed by atoms with Crippen LogP contribution in [0.15, 0.2) is 30.6 Å². The van der Waals surface area contributed by atoms with Gasteiger partial charge in [-0.25, -0.2) is 4.79 Å². The highest BCUT2D eigenvalue weighted by Crippen LogP contribution is 2.31. The first-order chi connectivity index (χ1) is 12.4. The summed E-state index contributed by atoms with van der Waals surface area (Å²) in [5.74, 6) is -0.391. The Morgan fingerprint density at radius 3 is 2.59 bits per heavy atom. The number of hydrogen-bond acceptors (Lipinski definition) is 5. The molecule has 1 aromatic heterocycles. The van der Waals surface area contributed by atoms with Crippen LogP contribution >= 0.6 is 0 Å². The molecule has 0 saturated carbocycles. The monoisotopic (exact) mass is 386 g/mol. The molecule has 0 bridgehead atoms. The highest BCUT2D eigenvalue weighted by Gasteiger charge is 2.31. The van der Waals surface area contributed by atoms with Gasteiger partial charge >= 0.3 is 12.5 Å². The molecular formula is C17H21F3N4O3. The Balaban J connectivity index is 1.96. The number of aromatic nitrogens is 2. The minimum Gasteiger partial charge on any atom is -0.444 e.